The molecule has 0 radical (unpaired) electrons. The number of nitrogens with zero attached hydrogens (tertiary/aromatic N) is 2. The van der Waals surface area contributed by atoms with Crippen molar-refractivity contribution < 1.29 is 19.2 Å². The predicted octanol–water partition coefficient (Wildman–Crippen LogP) is 1.24. The molecule has 1 aliphatic carbocycles. The first-order valence-corrected chi connectivity index (χ1v) is 11.7. The highest BCUT2D eigenvalue weighted by molar-refractivity contribution is 7.71. The lowest BCUT2D eigenvalue weighted by Gasteiger charge is -2.38. The number of piperazine rings is 1. The van der Waals surface area contributed by atoms with E-state index in [2.05, 4.69) is 4.98 Å². The van der Waals surface area contributed by atoms with E-state index < -0.39 is 0 Å². The van der Waals surface area contributed by atoms with Crippen LogP contribution in [0.3, 0.4) is 0 Å². The minimum absolute atomic E-state index is 0.0924. The summed E-state index contributed by atoms with van der Waals surface area (Å²) in [5.41, 5.74) is 0.403. The Morgan fingerprint density at radius 3 is 2.58 bits per heavy atom. The second-order valence-electron chi connectivity index (χ2n) is 8.76. The number of rotatable bonds is 4. The van der Waals surface area contributed by atoms with Crippen molar-refractivity contribution in [2.75, 3.05) is 33.0 Å². The lowest BCUT2D eigenvalue weighted by Crippen LogP contribution is -3.18. The highest BCUT2D eigenvalue weighted by Gasteiger charge is 2.30. The zero-order valence-electron chi connectivity index (χ0n) is 17.7. The normalized spacial score (nSPS) is 19.8. The molecule has 1 amide bonds. The van der Waals surface area contributed by atoms with Gasteiger partial charge >= 0.3 is 0 Å². The maximum absolute atomic E-state index is 13.0. The quantitative estimate of drug-likeness (QED) is 0.692. The topological polar surface area (TPSA) is 81.0 Å². The van der Waals surface area contributed by atoms with Crippen molar-refractivity contribution in [3.8, 4) is 11.5 Å². The van der Waals surface area contributed by atoms with Crippen LogP contribution in [0.1, 0.15) is 38.5 Å². The number of carbonyl (C=O) groups is 1. The highest BCUT2D eigenvalue weighted by atomic mass is 32.1. The average molecular weight is 446 g/mol. The van der Waals surface area contributed by atoms with E-state index in [0.29, 0.717) is 27.2 Å². The molecule has 0 spiro atoms. The van der Waals surface area contributed by atoms with Gasteiger partial charge in [0.2, 0.25) is 12.7 Å². The molecule has 9 heteroatoms. The van der Waals surface area contributed by atoms with E-state index in [9.17, 15) is 9.59 Å². The molecule has 2 aliphatic heterocycles. The summed E-state index contributed by atoms with van der Waals surface area (Å²) in [4.78, 5) is 32.5. The lowest BCUT2D eigenvalue weighted by atomic mass is 9.94. The second-order valence-corrected chi connectivity index (χ2v) is 9.15. The number of aromatic amines is 1. The number of aromatic nitrogens is 2. The Labute approximate surface area is 185 Å². The van der Waals surface area contributed by atoms with Crippen LogP contribution in [0.5, 0.6) is 11.5 Å². The number of ether oxygens (including phenoxy) is 2. The molecule has 31 heavy (non-hydrogen) atoms. The molecule has 1 saturated heterocycles. The van der Waals surface area contributed by atoms with Gasteiger partial charge in [-0.25, -0.2) is 0 Å². The number of H-pyrrole nitrogens is 1. The summed E-state index contributed by atoms with van der Waals surface area (Å²) < 4.78 is 12.5. The zero-order chi connectivity index (χ0) is 21.4. The molecule has 166 valence electrons. The second kappa shape index (κ2) is 8.63. The molecule has 2 aromatic rings. The van der Waals surface area contributed by atoms with Crippen LogP contribution in [0, 0.1) is 4.77 Å². The molecule has 5 rings (SSSR count). The fourth-order valence-electron chi connectivity index (χ4n) is 5.17. The van der Waals surface area contributed by atoms with Gasteiger partial charge in [-0.15, -0.1) is 0 Å². The van der Waals surface area contributed by atoms with Gasteiger partial charge in [-0.05, 0) is 44.0 Å². The molecular formula is C22H29N4O4S+. The molecule has 3 heterocycles. The first-order chi connectivity index (χ1) is 15.1. The molecule has 2 N–H and O–H groups in total. The van der Waals surface area contributed by atoms with Crippen molar-refractivity contribution in [3.05, 3.63) is 27.3 Å². The van der Waals surface area contributed by atoms with Crippen LogP contribution in [-0.2, 0) is 11.3 Å². The van der Waals surface area contributed by atoms with E-state index in [1.807, 2.05) is 4.90 Å². The Kier molecular flexibility index (Phi) is 5.71. The third kappa shape index (κ3) is 4.08. The Bertz CT molecular complexity index is 1100. The van der Waals surface area contributed by atoms with Crippen LogP contribution >= 0.6 is 12.2 Å². The average Bonchev–Trinajstić information content (AvgIpc) is 3.26. The van der Waals surface area contributed by atoms with Gasteiger partial charge in [0.25, 0.3) is 5.56 Å². The van der Waals surface area contributed by atoms with Crippen LogP contribution in [0.25, 0.3) is 10.9 Å². The molecule has 0 bridgehead atoms. The van der Waals surface area contributed by atoms with Crippen molar-refractivity contribution >= 4 is 29.0 Å². The number of fused-ring (bicyclic) bond motifs is 2. The van der Waals surface area contributed by atoms with E-state index in [4.69, 9.17) is 21.7 Å². The van der Waals surface area contributed by atoms with E-state index in [0.717, 1.165) is 32.2 Å². The summed E-state index contributed by atoms with van der Waals surface area (Å²) in [5.74, 6) is 1.24. The van der Waals surface area contributed by atoms with E-state index >= 15 is 0 Å². The van der Waals surface area contributed by atoms with Gasteiger partial charge in [-0.3, -0.25) is 14.2 Å². The van der Waals surface area contributed by atoms with Crippen molar-refractivity contribution in [2.24, 2.45) is 0 Å². The summed E-state index contributed by atoms with van der Waals surface area (Å²) in [6.45, 7) is 4.07. The van der Waals surface area contributed by atoms with Gasteiger partial charge < -0.3 is 24.3 Å². The first-order valence-electron chi connectivity index (χ1n) is 11.3. The maximum Gasteiger partial charge on any atom is 0.262 e. The third-order valence-corrected chi connectivity index (χ3v) is 7.29. The van der Waals surface area contributed by atoms with Gasteiger partial charge in [0, 0.05) is 19.0 Å². The molecule has 3 aliphatic rings. The first kappa shape index (κ1) is 20.5. The number of hydrogen-bond donors (Lipinski definition) is 2. The summed E-state index contributed by atoms with van der Waals surface area (Å²) in [6, 6.07) is 4.19. The van der Waals surface area contributed by atoms with Crippen molar-refractivity contribution in [3.63, 3.8) is 0 Å². The van der Waals surface area contributed by atoms with Gasteiger partial charge in [0.15, 0.2) is 16.3 Å². The van der Waals surface area contributed by atoms with Gasteiger partial charge in [-0.2, -0.15) is 0 Å². The molecule has 1 aromatic heterocycles. The third-order valence-electron chi connectivity index (χ3n) is 6.97. The Hall–Kier alpha value is -2.39. The Balaban J connectivity index is 1.24. The minimum atomic E-state index is -0.212. The lowest BCUT2D eigenvalue weighted by molar-refractivity contribution is -0.930. The largest absolute Gasteiger partial charge is 0.454 e. The molecule has 1 saturated carbocycles. The van der Waals surface area contributed by atoms with Gasteiger partial charge in [0.05, 0.1) is 43.1 Å². The predicted molar refractivity (Wildman–Crippen MR) is 118 cm³/mol. The van der Waals surface area contributed by atoms with Crippen LogP contribution in [-0.4, -0.2) is 59.4 Å². The summed E-state index contributed by atoms with van der Waals surface area (Å²) in [7, 11) is 0. The van der Waals surface area contributed by atoms with E-state index in [1.54, 1.807) is 17.0 Å². The SMILES string of the molecule is O=C(CCn1c(=S)[nH]c2cc3c(cc2c1=O)OCO3)N1CC[NH+](C2CCCCC2)CC1. The van der Waals surface area contributed by atoms with Crippen molar-refractivity contribution in [1.82, 2.24) is 14.5 Å². The number of quaternary nitrogens is 1. The minimum Gasteiger partial charge on any atom is -0.454 e. The molecule has 0 atom stereocenters. The van der Waals surface area contributed by atoms with Crippen LogP contribution in [0.2, 0.25) is 0 Å². The van der Waals surface area contributed by atoms with Crippen LogP contribution in [0.4, 0.5) is 0 Å². The maximum atomic E-state index is 13.0. The number of carbonyl (C=O) groups excluding carboxylic acids is 1. The highest BCUT2D eigenvalue weighted by Crippen LogP contribution is 2.34. The van der Waals surface area contributed by atoms with Crippen molar-refractivity contribution in [1.29, 1.82) is 0 Å². The molecule has 2 fully saturated rings. The standard InChI is InChI=1S/C22H28N4O4S/c27-20(25-10-8-24(9-11-25)15-4-2-1-3-5-15)6-7-26-21(28)16-12-18-19(30-14-29-18)13-17(16)23-22(26)31/h12-13,15H,1-11,14H2,(H,23,31)/p+1. The molecule has 0 unspecified atom stereocenters. The summed E-state index contributed by atoms with van der Waals surface area (Å²) in [6.07, 6.45) is 6.99. The van der Waals surface area contributed by atoms with Crippen LogP contribution in [0.15, 0.2) is 16.9 Å². The molecule has 1 aromatic carbocycles. The summed E-state index contributed by atoms with van der Waals surface area (Å²) in [5, 5.41) is 0.481. The Morgan fingerprint density at radius 1 is 1.13 bits per heavy atom. The van der Waals surface area contributed by atoms with Gasteiger partial charge in [0.1, 0.15) is 0 Å². The zero-order valence-corrected chi connectivity index (χ0v) is 18.5. The number of amides is 1. The van der Waals surface area contributed by atoms with Gasteiger partial charge in [-0.1, -0.05) is 6.42 Å². The van der Waals surface area contributed by atoms with Crippen LogP contribution < -0.4 is 19.9 Å². The van der Waals surface area contributed by atoms with Crippen molar-refractivity contribution in [2.45, 2.75) is 51.1 Å². The fraction of sp³-hybridized carbons (Fsp3) is 0.591. The fourth-order valence-corrected chi connectivity index (χ4v) is 5.46. The molecular weight excluding hydrogens is 416 g/mol. The smallest absolute Gasteiger partial charge is 0.262 e. The number of nitrogens with one attached hydrogen (secondary N) is 2. The van der Waals surface area contributed by atoms with E-state index in [1.165, 1.54) is 36.7 Å². The number of hydrogen-bond acceptors (Lipinski definition) is 5. The van der Waals surface area contributed by atoms with E-state index in [-0.39, 0.29) is 31.2 Å². The molecule has 8 nitrogen and oxygen atoms in total. The summed E-state index contributed by atoms with van der Waals surface area (Å²) >= 11 is 5.40. The number of benzene rings is 1. The Morgan fingerprint density at radius 2 is 1.84 bits per heavy atom. The monoisotopic (exact) mass is 445 g/mol.